The molecule has 0 aliphatic carbocycles. The molecule has 2 atom stereocenters. The number of hydrogen-bond donors (Lipinski definition) is 1. The van der Waals surface area contributed by atoms with E-state index in [0.717, 1.165) is 0 Å². The Labute approximate surface area is 118 Å². The van der Waals surface area contributed by atoms with Crippen molar-refractivity contribution in [2.24, 2.45) is 5.92 Å². The summed E-state index contributed by atoms with van der Waals surface area (Å²) in [6, 6.07) is 2.03. The summed E-state index contributed by atoms with van der Waals surface area (Å²) in [6.07, 6.45) is 0.437. The maximum atomic E-state index is 14.3. The van der Waals surface area contributed by atoms with Gasteiger partial charge >= 0.3 is 0 Å². The average molecular weight is 303 g/mol. The van der Waals surface area contributed by atoms with Gasteiger partial charge in [-0.05, 0) is 37.4 Å². The summed E-state index contributed by atoms with van der Waals surface area (Å²) < 4.78 is 51.5. The molecule has 1 saturated heterocycles. The molecule has 2 unspecified atom stereocenters. The molecule has 20 heavy (non-hydrogen) atoms. The summed E-state index contributed by atoms with van der Waals surface area (Å²) in [5.41, 5.74) is 0.333. The normalized spacial score (nSPS) is 22.9. The molecule has 1 aliphatic heterocycles. The van der Waals surface area contributed by atoms with Crippen molar-refractivity contribution >= 4 is 9.84 Å². The van der Waals surface area contributed by atoms with Crippen LogP contribution in [0.15, 0.2) is 12.1 Å². The first kappa shape index (κ1) is 15.4. The zero-order valence-corrected chi connectivity index (χ0v) is 12.4. The van der Waals surface area contributed by atoms with E-state index >= 15 is 0 Å². The Hall–Kier alpha value is -1.01. The van der Waals surface area contributed by atoms with Crippen LogP contribution >= 0.6 is 0 Å². The number of aryl methyl sites for hydroxylation is 1. The molecule has 0 radical (unpaired) electrons. The lowest BCUT2D eigenvalue weighted by Gasteiger charge is -2.25. The SMILES string of the molecule is CCNC(c1c(F)ccc(C)c1F)C1CCS(=O)(=O)C1. The topological polar surface area (TPSA) is 46.2 Å². The summed E-state index contributed by atoms with van der Waals surface area (Å²) >= 11 is 0. The second-order valence-corrected chi connectivity index (χ2v) is 7.52. The Morgan fingerprint density at radius 3 is 2.65 bits per heavy atom. The molecule has 3 nitrogen and oxygen atoms in total. The third-order valence-electron chi connectivity index (χ3n) is 3.79. The van der Waals surface area contributed by atoms with Gasteiger partial charge in [0.2, 0.25) is 0 Å². The first-order valence-corrected chi connectivity index (χ1v) is 8.56. The minimum absolute atomic E-state index is 0.0164. The number of benzene rings is 1. The average Bonchev–Trinajstić information content (AvgIpc) is 2.73. The van der Waals surface area contributed by atoms with Gasteiger partial charge in [0.05, 0.1) is 11.5 Å². The van der Waals surface area contributed by atoms with Crippen LogP contribution in [0.2, 0.25) is 0 Å². The van der Waals surface area contributed by atoms with Gasteiger partial charge in [0.25, 0.3) is 0 Å². The van der Waals surface area contributed by atoms with Gasteiger partial charge in [0.1, 0.15) is 11.6 Å². The van der Waals surface area contributed by atoms with Crippen molar-refractivity contribution in [1.29, 1.82) is 0 Å². The van der Waals surface area contributed by atoms with E-state index in [4.69, 9.17) is 0 Å². The van der Waals surface area contributed by atoms with Gasteiger partial charge in [0, 0.05) is 11.6 Å². The van der Waals surface area contributed by atoms with E-state index in [0.29, 0.717) is 18.5 Å². The molecule has 6 heteroatoms. The molecule has 1 aromatic rings. The maximum absolute atomic E-state index is 14.3. The summed E-state index contributed by atoms with van der Waals surface area (Å²) in [7, 11) is -3.09. The number of rotatable bonds is 4. The first-order chi connectivity index (χ1) is 9.35. The quantitative estimate of drug-likeness (QED) is 0.929. The second kappa shape index (κ2) is 5.77. The molecular weight excluding hydrogens is 284 g/mol. The van der Waals surface area contributed by atoms with Crippen molar-refractivity contribution in [1.82, 2.24) is 5.32 Å². The van der Waals surface area contributed by atoms with Crippen LogP contribution in [0.4, 0.5) is 8.78 Å². The Kier molecular flexibility index (Phi) is 4.44. The van der Waals surface area contributed by atoms with Gasteiger partial charge in [-0.3, -0.25) is 0 Å². The van der Waals surface area contributed by atoms with Gasteiger partial charge in [0.15, 0.2) is 9.84 Å². The summed E-state index contributed by atoms with van der Waals surface area (Å²) in [6.45, 7) is 3.93. The summed E-state index contributed by atoms with van der Waals surface area (Å²) in [5.74, 6) is -1.42. The fourth-order valence-electron chi connectivity index (χ4n) is 2.77. The number of halogens is 2. The van der Waals surface area contributed by atoms with Crippen LogP contribution < -0.4 is 5.32 Å². The van der Waals surface area contributed by atoms with E-state index in [1.54, 1.807) is 6.92 Å². The summed E-state index contributed by atoms with van der Waals surface area (Å²) in [5, 5.41) is 3.04. The zero-order chi connectivity index (χ0) is 14.9. The lowest BCUT2D eigenvalue weighted by molar-refractivity contribution is 0.370. The molecule has 1 aliphatic rings. The number of nitrogens with one attached hydrogen (secondary N) is 1. The van der Waals surface area contributed by atoms with Crippen LogP contribution in [0.5, 0.6) is 0 Å². The largest absolute Gasteiger partial charge is 0.310 e. The van der Waals surface area contributed by atoms with Crippen molar-refractivity contribution in [3.63, 3.8) is 0 Å². The van der Waals surface area contributed by atoms with Gasteiger partial charge in [-0.2, -0.15) is 0 Å². The van der Waals surface area contributed by atoms with E-state index in [2.05, 4.69) is 5.32 Å². The number of sulfone groups is 1. The fourth-order valence-corrected chi connectivity index (χ4v) is 4.61. The van der Waals surface area contributed by atoms with Crippen molar-refractivity contribution in [3.05, 3.63) is 34.9 Å². The third kappa shape index (κ3) is 3.01. The van der Waals surface area contributed by atoms with Gasteiger partial charge < -0.3 is 5.32 Å². The Morgan fingerprint density at radius 1 is 1.40 bits per heavy atom. The van der Waals surface area contributed by atoms with Crippen LogP contribution in [0.3, 0.4) is 0 Å². The molecular formula is C14H19F2NO2S. The van der Waals surface area contributed by atoms with E-state index in [-0.39, 0.29) is 23.0 Å². The Morgan fingerprint density at radius 2 is 2.10 bits per heavy atom. The molecule has 0 amide bonds. The molecule has 1 aromatic carbocycles. The lowest BCUT2D eigenvalue weighted by Crippen LogP contribution is -2.31. The highest BCUT2D eigenvalue weighted by atomic mass is 32.2. The van der Waals surface area contributed by atoms with Gasteiger partial charge in [-0.1, -0.05) is 13.0 Å². The van der Waals surface area contributed by atoms with Crippen LogP contribution in [-0.2, 0) is 9.84 Å². The predicted molar refractivity (Wildman–Crippen MR) is 74.3 cm³/mol. The van der Waals surface area contributed by atoms with Gasteiger partial charge in [-0.25, -0.2) is 17.2 Å². The molecule has 0 spiro atoms. The maximum Gasteiger partial charge on any atom is 0.150 e. The van der Waals surface area contributed by atoms with Crippen LogP contribution in [0, 0.1) is 24.5 Å². The molecule has 0 saturated carbocycles. The molecule has 2 rings (SSSR count). The molecule has 0 bridgehead atoms. The Bertz CT molecular complexity index is 601. The minimum Gasteiger partial charge on any atom is -0.310 e. The van der Waals surface area contributed by atoms with Crippen LogP contribution in [0.1, 0.15) is 30.5 Å². The van der Waals surface area contributed by atoms with Crippen molar-refractivity contribution in [3.8, 4) is 0 Å². The minimum atomic E-state index is -3.09. The lowest BCUT2D eigenvalue weighted by atomic mass is 9.90. The predicted octanol–water partition coefficient (Wildman–Crippen LogP) is 2.36. The standard InChI is InChI=1S/C14H19F2NO2S/c1-3-17-14(10-6-7-20(18,19)8-10)12-11(15)5-4-9(2)13(12)16/h4-5,10,14,17H,3,6-8H2,1-2H3. The molecule has 1 heterocycles. The van der Waals surface area contributed by atoms with E-state index in [1.165, 1.54) is 12.1 Å². The van der Waals surface area contributed by atoms with Crippen molar-refractivity contribution < 1.29 is 17.2 Å². The monoisotopic (exact) mass is 303 g/mol. The molecule has 1 fully saturated rings. The fraction of sp³-hybridized carbons (Fsp3) is 0.571. The van der Waals surface area contributed by atoms with Gasteiger partial charge in [-0.15, -0.1) is 0 Å². The number of hydrogen-bond acceptors (Lipinski definition) is 3. The molecule has 112 valence electrons. The van der Waals surface area contributed by atoms with Crippen molar-refractivity contribution in [2.75, 3.05) is 18.1 Å². The third-order valence-corrected chi connectivity index (χ3v) is 5.59. The highest BCUT2D eigenvalue weighted by molar-refractivity contribution is 7.91. The highest BCUT2D eigenvalue weighted by Crippen LogP contribution is 2.34. The molecule has 1 N–H and O–H groups in total. The highest BCUT2D eigenvalue weighted by Gasteiger charge is 2.36. The van der Waals surface area contributed by atoms with E-state index in [1.807, 2.05) is 6.92 Å². The van der Waals surface area contributed by atoms with Crippen LogP contribution in [0.25, 0.3) is 0 Å². The second-order valence-electron chi connectivity index (χ2n) is 5.29. The van der Waals surface area contributed by atoms with Crippen molar-refractivity contribution in [2.45, 2.75) is 26.3 Å². The summed E-state index contributed by atoms with van der Waals surface area (Å²) in [4.78, 5) is 0. The zero-order valence-electron chi connectivity index (χ0n) is 11.6. The smallest absolute Gasteiger partial charge is 0.150 e. The van der Waals surface area contributed by atoms with E-state index < -0.39 is 27.5 Å². The van der Waals surface area contributed by atoms with Crippen LogP contribution in [-0.4, -0.2) is 26.5 Å². The first-order valence-electron chi connectivity index (χ1n) is 6.74. The Balaban J connectivity index is 2.42. The van der Waals surface area contributed by atoms with E-state index in [9.17, 15) is 17.2 Å². The molecule has 0 aromatic heterocycles.